The molecule has 2 aliphatic rings. The van der Waals surface area contributed by atoms with Crippen molar-refractivity contribution in [2.24, 2.45) is 11.8 Å². The Balaban J connectivity index is 1.85. The Morgan fingerprint density at radius 1 is 1.10 bits per heavy atom. The van der Waals surface area contributed by atoms with Crippen LogP contribution in [-0.2, 0) is 25.5 Å². The molecule has 0 spiro atoms. The van der Waals surface area contributed by atoms with Crippen molar-refractivity contribution in [3.05, 3.63) is 71.5 Å². The van der Waals surface area contributed by atoms with Crippen molar-refractivity contribution < 1.29 is 23.5 Å². The second-order valence-corrected chi connectivity index (χ2v) is 7.77. The molecule has 2 aliphatic heterocycles. The van der Waals surface area contributed by atoms with Crippen molar-refractivity contribution in [1.82, 2.24) is 10.2 Å². The van der Waals surface area contributed by atoms with E-state index in [2.05, 4.69) is 5.32 Å². The average Bonchev–Trinajstić information content (AvgIpc) is 3.20. The maximum Gasteiger partial charge on any atom is 0.327 e. The Morgan fingerprint density at radius 2 is 1.77 bits per heavy atom. The standard InChI is InChI=1S/C23H23FN2O4/c1-3-30-22(29)23(13-14-7-5-4-6-8-14)18-17(20(27)26(2)21(18)28)19(25-23)15-9-11-16(24)12-10-15/h4-12,17-19,25H,3,13H2,1-2H3/t17-,18+,19-,23-/m1/s1. The number of likely N-dealkylation sites (tertiary alicyclic amines) is 1. The van der Waals surface area contributed by atoms with E-state index in [4.69, 9.17) is 4.74 Å². The average molecular weight is 410 g/mol. The molecule has 2 aromatic rings. The maximum absolute atomic E-state index is 13.5. The lowest BCUT2D eigenvalue weighted by atomic mass is 9.76. The Bertz CT molecular complexity index is 978. The SMILES string of the molecule is CCOC(=O)[C@]1(Cc2ccccc2)N[C@H](c2ccc(F)cc2)[C@@H]2C(=O)N(C)C(=O)[C@H]21. The first kappa shape index (κ1) is 20.2. The van der Waals surface area contributed by atoms with Gasteiger partial charge in [-0.25, -0.2) is 4.39 Å². The number of imide groups is 1. The number of esters is 1. The van der Waals surface area contributed by atoms with Gasteiger partial charge in [0.2, 0.25) is 11.8 Å². The molecule has 0 bridgehead atoms. The highest BCUT2D eigenvalue weighted by molar-refractivity contribution is 6.09. The molecular weight excluding hydrogens is 387 g/mol. The fourth-order valence-electron chi connectivity index (χ4n) is 4.70. The number of benzene rings is 2. The molecule has 2 amide bonds. The van der Waals surface area contributed by atoms with Crippen LogP contribution in [0.3, 0.4) is 0 Å². The Labute approximate surface area is 174 Å². The van der Waals surface area contributed by atoms with Gasteiger partial charge < -0.3 is 4.74 Å². The third kappa shape index (κ3) is 3.10. The van der Waals surface area contributed by atoms with Gasteiger partial charge in [0.15, 0.2) is 0 Å². The van der Waals surface area contributed by atoms with Gasteiger partial charge in [-0.15, -0.1) is 0 Å². The van der Waals surface area contributed by atoms with Crippen LogP contribution in [0.4, 0.5) is 4.39 Å². The first-order chi connectivity index (χ1) is 14.4. The summed E-state index contributed by atoms with van der Waals surface area (Å²) in [5.41, 5.74) is 0.0759. The van der Waals surface area contributed by atoms with Gasteiger partial charge >= 0.3 is 5.97 Å². The zero-order valence-electron chi connectivity index (χ0n) is 16.8. The number of fused-ring (bicyclic) bond motifs is 1. The number of rotatable bonds is 5. The van der Waals surface area contributed by atoms with Gasteiger partial charge in [0.1, 0.15) is 11.4 Å². The van der Waals surface area contributed by atoms with Crippen LogP contribution < -0.4 is 5.32 Å². The number of amides is 2. The molecule has 156 valence electrons. The molecule has 0 aromatic heterocycles. The molecule has 0 saturated carbocycles. The predicted molar refractivity (Wildman–Crippen MR) is 107 cm³/mol. The molecule has 6 nitrogen and oxygen atoms in total. The lowest BCUT2D eigenvalue weighted by Gasteiger charge is -2.32. The van der Waals surface area contributed by atoms with Gasteiger partial charge in [-0.1, -0.05) is 42.5 Å². The number of nitrogens with zero attached hydrogens (tertiary/aromatic N) is 1. The summed E-state index contributed by atoms with van der Waals surface area (Å²) in [5, 5.41) is 3.29. The Hall–Kier alpha value is -3.06. The third-order valence-electron chi connectivity index (χ3n) is 6.07. The van der Waals surface area contributed by atoms with Crippen molar-refractivity contribution in [1.29, 1.82) is 0 Å². The third-order valence-corrected chi connectivity index (χ3v) is 6.07. The first-order valence-corrected chi connectivity index (χ1v) is 9.94. The van der Waals surface area contributed by atoms with E-state index in [-0.39, 0.29) is 18.9 Å². The normalized spacial score (nSPS) is 28.0. The van der Waals surface area contributed by atoms with Crippen LogP contribution in [-0.4, -0.2) is 41.9 Å². The van der Waals surface area contributed by atoms with Crippen LogP contribution in [0.25, 0.3) is 0 Å². The van der Waals surface area contributed by atoms with Crippen molar-refractivity contribution in [3.63, 3.8) is 0 Å². The maximum atomic E-state index is 13.5. The smallest absolute Gasteiger partial charge is 0.327 e. The molecule has 2 saturated heterocycles. The Morgan fingerprint density at radius 3 is 2.40 bits per heavy atom. The quantitative estimate of drug-likeness (QED) is 0.605. The molecule has 4 atom stereocenters. The highest BCUT2D eigenvalue weighted by Crippen LogP contribution is 2.50. The largest absolute Gasteiger partial charge is 0.465 e. The van der Waals surface area contributed by atoms with Crippen molar-refractivity contribution in [3.8, 4) is 0 Å². The number of carbonyl (C=O) groups is 3. The summed E-state index contributed by atoms with van der Waals surface area (Å²) < 4.78 is 18.9. The minimum absolute atomic E-state index is 0.146. The van der Waals surface area contributed by atoms with Crippen molar-refractivity contribution in [2.75, 3.05) is 13.7 Å². The van der Waals surface area contributed by atoms with Crippen molar-refractivity contribution in [2.45, 2.75) is 24.9 Å². The lowest BCUT2D eigenvalue weighted by molar-refractivity contribution is -0.156. The molecule has 2 fully saturated rings. The van der Waals surface area contributed by atoms with E-state index in [1.807, 2.05) is 30.3 Å². The topological polar surface area (TPSA) is 75.7 Å². The van der Waals surface area contributed by atoms with E-state index in [1.165, 1.54) is 19.2 Å². The fraction of sp³-hybridized carbons (Fsp3) is 0.348. The van der Waals surface area contributed by atoms with E-state index in [9.17, 15) is 18.8 Å². The lowest BCUT2D eigenvalue weighted by Crippen LogP contribution is -2.57. The predicted octanol–water partition coefficient (Wildman–Crippen LogP) is 2.25. The number of hydrogen-bond acceptors (Lipinski definition) is 5. The number of nitrogens with one attached hydrogen (secondary N) is 1. The molecule has 0 unspecified atom stereocenters. The minimum Gasteiger partial charge on any atom is -0.465 e. The highest BCUT2D eigenvalue weighted by atomic mass is 19.1. The van der Waals surface area contributed by atoms with Crippen LogP contribution in [0.2, 0.25) is 0 Å². The number of hydrogen-bond donors (Lipinski definition) is 1. The fourth-order valence-corrected chi connectivity index (χ4v) is 4.70. The summed E-state index contributed by atoms with van der Waals surface area (Å²) in [4.78, 5) is 40.5. The van der Waals surface area contributed by atoms with Crippen molar-refractivity contribution >= 4 is 17.8 Å². The summed E-state index contributed by atoms with van der Waals surface area (Å²) >= 11 is 0. The van der Waals surface area contributed by atoms with Gasteiger partial charge in [-0.3, -0.25) is 24.6 Å². The van der Waals surface area contributed by atoms with Crippen LogP contribution in [0.15, 0.2) is 54.6 Å². The molecule has 2 aromatic carbocycles. The molecule has 7 heteroatoms. The Kier molecular flexibility index (Phi) is 5.15. The molecule has 1 N–H and O–H groups in total. The van der Waals surface area contributed by atoms with Crippen LogP contribution in [0.1, 0.15) is 24.1 Å². The number of ether oxygens (including phenoxy) is 1. The summed E-state index contributed by atoms with van der Waals surface area (Å²) in [5.74, 6) is -3.42. The summed E-state index contributed by atoms with van der Waals surface area (Å²) in [6.45, 7) is 1.85. The number of carbonyl (C=O) groups excluding carboxylic acids is 3. The summed E-state index contributed by atoms with van der Waals surface area (Å²) in [6.07, 6.45) is 0.193. The summed E-state index contributed by atoms with van der Waals surface area (Å²) in [6, 6.07) is 14.4. The number of halogens is 1. The molecule has 2 heterocycles. The first-order valence-electron chi connectivity index (χ1n) is 9.94. The van der Waals surface area contributed by atoms with E-state index in [0.717, 1.165) is 10.5 Å². The van der Waals surface area contributed by atoms with E-state index >= 15 is 0 Å². The zero-order chi connectivity index (χ0) is 21.5. The van der Waals surface area contributed by atoms with Crippen LogP contribution in [0, 0.1) is 17.7 Å². The molecule has 4 rings (SSSR count). The van der Waals surface area contributed by atoms with Gasteiger partial charge in [0.25, 0.3) is 0 Å². The summed E-state index contributed by atoms with van der Waals surface area (Å²) in [7, 11) is 1.43. The van der Waals surface area contributed by atoms with Gasteiger partial charge in [0.05, 0.1) is 18.4 Å². The second kappa shape index (κ2) is 7.65. The zero-order valence-corrected chi connectivity index (χ0v) is 16.8. The van der Waals surface area contributed by atoms with Gasteiger partial charge in [-0.05, 0) is 30.2 Å². The van der Waals surface area contributed by atoms with Gasteiger partial charge in [-0.2, -0.15) is 0 Å². The van der Waals surface area contributed by atoms with Crippen LogP contribution >= 0.6 is 0 Å². The molecule has 0 radical (unpaired) electrons. The van der Waals surface area contributed by atoms with Gasteiger partial charge in [0, 0.05) is 19.5 Å². The van der Waals surface area contributed by atoms with E-state index in [1.54, 1.807) is 19.1 Å². The van der Waals surface area contributed by atoms with E-state index in [0.29, 0.717) is 5.56 Å². The monoisotopic (exact) mass is 410 g/mol. The molecule has 0 aliphatic carbocycles. The van der Waals surface area contributed by atoms with E-state index < -0.39 is 41.1 Å². The second-order valence-electron chi connectivity index (χ2n) is 7.77. The highest BCUT2D eigenvalue weighted by Gasteiger charge is 2.68. The van der Waals surface area contributed by atoms with Crippen LogP contribution in [0.5, 0.6) is 0 Å². The molecule has 30 heavy (non-hydrogen) atoms. The minimum atomic E-state index is -1.40. The molecular formula is C23H23FN2O4.